The van der Waals surface area contributed by atoms with E-state index in [-0.39, 0.29) is 0 Å². The highest BCUT2D eigenvalue weighted by Gasteiger charge is 2.15. The average Bonchev–Trinajstić information content (AvgIpc) is 3.43. The lowest BCUT2D eigenvalue weighted by atomic mass is 10.1. The summed E-state index contributed by atoms with van der Waals surface area (Å²) >= 11 is 0. The lowest BCUT2D eigenvalue weighted by Crippen LogP contribution is -1.88. The van der Waals surface area contributed by atoms with Crippen LogP contribution >= 0.6 is 0 Å². The Hall–Kier alpha value is -4.59. The van der Waals surface area contributed by atoms with Gasteiger partial charge in [-0.05, 0) is 24.3 Å². The van der Waals surface area contributed by atoms with Crippen LogP contribution in [0.1, 0.15) is 0 Å². The van der Waals surface area contributed by atoms with Gasteiger partial charge in [0.25, 0.3) is 0 Å². The van der Waals surface area contributed by atoms with E-state index in [1.54, 1.807) is 24.8 Å². The smallest absolute Gasteiger partial charge is 0.155 e. The van der Waals surface area contributed by atoms with Crippen molar-refractivity contribution < 1.29 is 0 Å². The molecule has 148 valence electrons. The average molecular weight is 404 g/mol. The van der Waals surface area contributed by atoms with Crippen molar-refractivity contribution in [2.45, 2.75) is 0 Å². The summed E-state index contributed by atoms with van der Waals surface area (Å²) in [5.41, 5.74) is 13.7. The van der Waals surface area contributed by atoms with E-state index >= 15 is 0 Å². The van der Waals surface area contributed by atoms with E-state index in [2.05, 4.69) is 41.2 Å². The fourth-order valence-electron chi connectivity index (χ4n) is 3.81. The van der Waals surface area contributed by atoms with E-state index in [9.17, 15) is 0 Å². The van der Waals surface area contributed by atoms with Gasteiger partial charge in [-0.25, -0.2) is 4.98 Å². The zero-order valence-corrected chi connectivity index (χ0v) is 16.2. The highest BCUT2D eigenvalue weighted by Crippen LogP contribution is 2.34. The number of nitrogens with two attached hydrogens (primary N) is 1. The highest BCUT2D eigenvalue weighted by atomic mass is 15.2. The molecule has 0 atom stereocenters. The molecule has 6 heterocycles. The van der Waals surface area contributed by atoms with Crippen LogP contribution in [-0.2, 0) is 0 Å². The quantitative estimate of drug-likeness (QED) is 0.406. The minimum Gasteiger partial charge on any atom is -0.397 e. The second-order valence-electron chi connectivity index (χ2n) is 7.27. The van der Waals surface area contributed by atoms with Gasteiger partial charge in [0, 0.05) is 70.2 Å². The largest absolute Gasteiger partial charge is 0.397 e. The first kappa shape index (κ1) is 17.3. The summed E-state index contributed by atoms with van der Waals surface area (Å²) in [6.45, 7) is 0. The summed E-state index contributed by atoms with van der Waals surface area (Å²) in [5, 5.41) is 9.50. The number of aromatic amines is 2. The van der Waals surface area contributed by atoms with E-state index < -0.39 is 0 Å². The number of hydrogen-bond acceptors (Lipinski definition) is 6. The normalized spacial score (nSPS) is 11.4. The zero-order valence-electron chi connectivity index (χ0n) is 16.2. The Balaban J connectivity index is 1.51. The predicted octanol–water partition coefficient (Wildman–Crippen LogP) is 4.21. The lowest BCUT2D eigenvalue weighted by molar-refractivity contribution is 1.10. The number of hydrogen-bond donors (Lipinski definition) is 3. The molecular weight excluding hydrogens is 388 g/mol. The molecule has 0 bridgehead atoms. The highest BCUT2D eigenvalue weighted by molar-refractivity contribution is 6.00. The van der Waals surface area contributed by atoms with E-state index in [4.69, 9.17) is 5.73 Å². The van der Waals surface area contributed by atoms with Crippen LogP contribution in [0.15, 0.2) is 73.7 Å². The Labute approximate surface area is 176 Å². The van der Waals surface area contributed by atoms with Crippen molar-refractivity contribution in [1.29, 1.82) is 0 Å². The van der Waals surface area contributed by atoms with Crippen LogP contribution in [0, 0.1) is 0 Å². The van der Waals surface area contributed by atoms with Crippen molar-refractivity contribution in [2.75, 3.05) is 5.73 Å². The number of fused-ring (bicyclic) bond motifs is 2. The van der Waals surface area contributed by atoms with Crippen LogP contribution < -0.4 is 5.73 Å². The Kier molecular flexibility index (Phi) is 3.76. The first-order valence-electron chi connectivity index (χ1n) is 9.69. The molecule has 4 N–H and O–H groups in total. The molecule has 0 aromatic carbocycles. The predicted molar refractivity (Wildman–Crippen MR) is 120 cm³/mol. The summed E-state index contributed by atoms with van der Waals surface area (Å²) < 4.78 is 0. The van der Waals surface area contributed by atoms with Crippen molar-refractivity contribution >= 4 is 27.6 Å². The summed E-state index contributed by atoms with van der Waals surface area (Å²) in [6.07, 6.45) is 12.4. The van der Waals surface area contributed by atoms with Crippen molar-refractivity contribution in [3.8, 4) is 33.6 Å². The SMILES string of the molecule is Nc1cncc(-c2cnc3[nH]nc(-c4cc5c(-c6cccnc6)cncc5[nH]4)c3c2)c1. The maximum Gasteiger partial charge on any atom is 0.155 e. The first-order chi connectivity index (χ1) is 15.3. The number of nitrogens with zero attached hydrogens (tertiary/aromatic N) is 5. The molecule has 0 unspecified atom stereocenters. The van der Waals surface area contributed by atoms with Gasteiger partial charge in [0.1, 0.15) is 5.69 Å². The van der Waals surface area contributed by atoms with E-state index in [1.165, 1.54) is 0 Å². The fraction of sp³-hybridized carbons (Fsp3) is 0. The summed E-state index contributed by atoms with van der Waals surface area (Å²) in [6, 6.07) is 9.95. The Morgan fingerprint density at radius 1 is 0.774 bits per heavy atom. The molecule has 0 fully saturated rings. The summed E-state index contributed by atoms with van der Waals surface area (Å²) in [7, 11) is 0. The summed E-state index contributed by atoms with van der Waals surface area (Å²) in [5.74, 6) is 0. The first-order valence-corrected chi connectivity index (χ1v) is 9.69. The molecule has 0 aliphatic heterocycles. The maximum absolute atomic E-state index is 5.90. The number of H-pyrrole nitrogens is 2. The van der Waals surface area contributed by atoms with Crippen molar-refractivity contribution in [3.63, 3.8) is 0 Å². The minimum absolute atomic E-state index is 0.607. The Bertz CT molecular complexity index is 1550. The molecule has 8 nitrogen and oxygen atoms in total. The molecule has 0 saturated carbocycles. The van der Waals surface area contributed by atoms with Crippen molar-refractivity contribution in [2.24, 2.45) is 0 Å². The van der Waals surface area contributed by atoms with Gasteiger partial charge < -0.3 is 10.7 Å². The van der Waals surface area contributed by atoms with Crippen LogP contribution in [0.25, 0.3) is 55.6 Å². The zero-order chi connectivity index (χ0) is 20.8. The van der Waals surface area contributed by atoms with Gasteiger partial charge in [0.05, 0.1) is 23.1 Å². The molecule has 6 aromatic heterocycles. The minimum atomic E-state index is 0.607. The molecule has 0 aliphatic rings. The maximum atomic E-state index is 5.90. The molecule has 0 radical (unpaired) electrons. The third-order valence-corrected chi connectivity index (χ3v) is 5.28. The number of aromatic nitrogens is 7. The van der Waals surface area contributed by atoms with Crippen molar-refractivity contribution in [1.82, 2.24) is 35.1 Å². The number of nitrogen functional groups attached to an aromatic ring is 1. The van der Waals surface area contributed by atoms with E-state index in [1.807, 2.05) is 42.9 Å². The van der Waals surface area contributed by atoms with E-state index in [0.717, 1.165) is 49.9 Å². The Morgan fingerprint density at radius 2 is 1.65 bits per heavy atom. The molecule has 6 aromatic rings. The summed E-state index contributed by atoms with van der Waals surface area (Å²) in [4.78, 5) is 20.8. The number of anilines is 1. The molecule has 0 spiro atoms. The molecular formula is C23H16N8. The van der Waals surface area contributed by atoms with Gasteiger partial charge in [-0.15, -0.1) is 0 Å². The molecule has 0 amide bonds. The van der Waals surface area contributed by atoms with Gasteiger partial charge in [0.15, 0.2) is 5.65 Å². The number of rotatable bonds is 3. The van der Waals surface area contributed by atoms with Gasteiger partial charge in [0.2, 0.25) is 0 Å². The monoisotopic (exact) mass is 404 g/mol. The molecule has 8 heteroatoms. The molecule has 31 heavy (non-hydrogen) atoms. The van der Waals surface area contributed by atoms with Crippen LogP contribution in [0.3, 0.4) is 0 Å². The number of pyridine rings is 4. The molecule has 0 aliphatic carbocycles. The second kappa shape index (κ2) is 6.74. The van der Waals surface area contributed by atoms with Crippen LogP contribution in [0.5, 0.6) is 0 Å². The van der Waals surface area contributed by atoms with Gasteiger partial charge >= 0.3 is 0 Å². The van der Waals surface area contributed by atoms with Crippen molar-refractivity contribution in [3.05, 3.63) is 73.7 Å². The van der Waals surface area contributed by atoms with E-state index in [0.29, 0.717) is 11.3 Å². The standard InChI is InChI=1S/C23H16N8/c24-16-4-14(8-26-10-16)15-5-18-22(30-31-23(18)28-9-15)20-6-17-19(11-27-12-21(17)29-20)13-2-1-3-25-7-13/h1-12,29H,24H2,(H,28,30,31). The third-order valence-electron chi connectivity index (χ3n) is 5.28. The Morgan fingerprint density at radius 3 is 2.52 bits per heavy atom. The van der Waals surface area contributed by atoms with Gasteiger partial charge in [-0.1, -0.05) is 6.07 Å². The van der Waals surface area contributed by atoms with Crippen LogP contribution in [0.4, 0.5) is 5.69 Å². The lowest BCUT2D eigenvalue weighted by Gasteiger charge is -2.02. The fourth-order valence-corrected chi connectivity index (χ4v) is 3.81. The van der Waals surface area contributed by atoms with Crippen LogP contribution in [-0.4, -0.2) is 35.1 Å². The van der Waals surface area contributed by atoms with Crippen LogP contribution in [0.2, 0.25) is 0 Å². The second-order valence-corrected chi connectivity index (χ2v) is 7.27. The molecule has 6 rings (SSSR count). The van der Waals surface area contributed by atoms with Gasteiger partial charge in [-0.2, -0.15) is 5.10 Å². The molecule has 0 saturated heterocycles. The third kappa shape index (κ3) is 2.89. The van der Waals surface area contributed by atoms with Gasteiger partial charge in [-0.3, -0.25) is 20.1 Å². The number of nitrogens with one attached hydrogen (secondary N) is 2. The topological polar surface area (TPSA) is 122 Å².